The van der Waals surface area contributed by atoms with E-state index in [2.05, 4.69) is 33.6 Å². The van der Waals surface area contributed by atoms with Crippen molar-refractivity contribution in [2.75, 3.05) is 57.7 Å². The minimum atomic E-state index is -0.0900. The van der Waals surface area contributed by atoms with Crippen molar-refractivity contribution < 1.29 is 14.3 Å². The normalized spacial score (nSPS) is 19.2. The molecule has 0 unspecified atom stereocenters. The van der Waals surface area contributed by atoms with Crippen LogP contribution in [0.4, 0.5) is 15.6 Å². The van der Waals surface area contributed by atoms with E-state index in [0.717, 1.165) is 66.8 Å². The number of hydrogen-bond donors (Lipinski definition) is 2. The summed E-state index contributed by atoms with van der Waals surface area (Å²) in [5.41, 5.74) is 1.92. The van der Waals surface area contributed by atoms with Gasteiger partial charge in [-0.25, -0.2) is 9.78 Å². The molecule has 2 aromatic rings. The SMILES string of the molecule is CNC1CCCC1.COc1ccc(N2CCOCC2)c2sc(NC(=O)N(C)C3CCCC3)nc12. The Kier molecular flexibility index (Phi) is 8.86. The number of urea groups is 1. The van der Waals surface area contributed by atoms with Crippen molar-refractivity contribution in [1.29, 1.82) is 0 Å². The molecule has 0 atom stereocenters. The van der Waals surface area contributed by atoms with E-state index in [4.69, 9.17) is 9.47 Å². The first-order valence-electron chi connectivity index (χ1n) is 12.6. The van der Waals surface area contributed by atoms with E-state index >= 15 is 0 Å². The van der Waals surface area contributed by atoms with Crippen molar-refractivity contribution >= 4 is 38.4 Å². The van der Waals surface area contributed by atoms with Crippen LogP contribution in [0, 0.1) is 0 Å². The lowest BCUT2D eigenvalue weighted by molar-refractivity contribution is 0.123. The van der Waals surface area contributed by atoms with Gasteiger partial charge in [0.1, 0.15) is 11.3 Å². The number of aromatic nitrogens is 1. The van der Waals surface area contributed by atoms with Crippen LogP contribution in [0.3, 0.4) is 0 Å². The predicted octanol–water partition coefficient (Wildman–Crippen LogP) is 4.70. The van der Waals surface area contributed by atoms with Gasteiger partial charge in [0.15, 0.2) is 5.13 Å². The van der Waals surface area contributed by atoms with E-state index in [-0.39, 0.29) is 6.03 Å². The van der Waals surface area contributed by atoms with Gasteiger partial charge in [0, 0.05) is 32.2 Å². The predicted molar refractivity (Wildman–Crippen MR) is 140 cm³/mol. The third-order valence-electron chi connectivity index (χ3n) is 7.23. The standard InChI is InChI=1S/C19H26N4O3S.C6H13N/c1-22(13-5-3-4-6-13)19(24)21-18-20-16-15(25-2)8-7-14(17(16)27-18)23-9-11-26-12-10-23;1-7-6-4-2-3-5-6/h7-8,13H,3-6,9-12H2,1-2H3,(H,20,21,24);6-7H,2-5H2,1H3. The Balaban J connectivity index is 0.000000336. The fraction of sp³-hybridized carbons (Fsp3) is 0.680. The van der Waals surface area contributed by atoms with E-state index in [1.807, 2.05) is 18.0 Å². The molecule has 0 bridgehead atoms. The largest absolute Gasteiger partial charge is 0.494 e. The molecule has 9 heteroatoms. The molecule has 2 heterocycles. The molecule has 1 aromatic carbocycles. The maximum atomic E-state index is 12.6. The van der Waals surface area contributed by atoms with Crippen LogP contribution < -0.4 is 20.3 Å². The van der Waals surface area contributed by atoms with Crippen molar-refractivity contribution in [1.82, 2.24) is 15.2 Å². The van der Waals surface area contributed by atoms with Gasteiger partial charge in [0.05, 0.1) is 30.7 Å². The van der Waals surface area contributed by atoms with Crippen LogP contribution >= 0.6 is 11.3 Å². The number of fused-ring (bicyclic) bond motifs is 1. The number of thiazole rings is 1. The van der Waals surface area contributed by atoms with Crippen LogP contribution in [0.25, 0.3) is 10.2 Å². The summed E-state index contributed by atoms with van der Waals surface area (Å²) in [7, 11) is 5.57. The van der Waals surface area contributed by atoms with E-state index in [1.165, 1.54) is 49.9 Å². The third-order valence-corrected chi connectivity index (χ3v) is 8.22. The zero-order valence-corrected chi connectivity index (χ0v) is 21.6. The molecular formula is C25H39N5O3S. The molecule has 1 aromatic heterocycles. The summed E-state index contributed by atoms with van der Waals surface area (Å²) in [6.07, 6.45) is 10.2. The lowest BCUT2D eigenvalue weighted by Crippen LogP contribution is -2.38. The number of methoxy groups -OCH3 is 1. The molecule has 3 fully saturated rings. The van der Waals surface area contributed by atoms with Crippen LogP contribution in [-0.4, -0.2) is 75.5 Å². The number of amides is 2. The van der Waals surface area contributed by atoms with Gasteiger partial charge in [-0.05, 0) is 44.9 Å². The van der Waals surface area contributed by atoms with Crippen molar-refractivity contribution in [2.45, 2.75) is 63.5 Å². The topological polar surface area (TPSA) is 79.0 Å². The lowest BCUT2D eigenvalue weighted by atomic mass is 10.2. The highest BCUT2D eigenvalue weighted by atomic mass is 32.1. The fourth-order valence-electron chi connectivity index (χ4n) is 5.09. The molecule has 1 aliphatic heterocycles. The molecule has 0 spiro atoms. The quantitative estimate of drug-likeness (QED) is 0.634. The highest BCUT2D eigenvalue weighted by molar-refractivity contribution is 7.23. The Morgan fingerprint density at radius 3 is 2.44 bits per heavy atom. The summed E-state index contributed by atoms with van der Waals surface area (Å²) in [6.45, 7) is 3.15. The van der Waals surface area contributed by atoms with Crippen molar-refractivity contribution in [3.8, 4) is 5.75 Å². The smallest absolute Gasteiger partial charge is 0.323 e. The van der Waals surface area contributed by atoms with Crippen LogP contribution in [0.15, 0.2) is 12.1 Å². The number of rotatable bonds is 5. The second-order valence-corrected chi connectivity index (χ2v) is 10.3. The molecular weight excluding hydrogens is 450 g/mol. The van der Waals surface area contributed by atoms with Gasteiger partial charge in [-0.2, -0.15) is 0 Å². The molecule has 8 nitrogen and oxygen atoms in total. The maximum absolute atomic E-state index is 12.6. The zero-order chi connectivity index (χ0) is 23.9. The second kappa shape index (κ2) is 12.0. The van der Waals surface area contributed by atoms with Crippen LogP contribution in [0.1, 0.15) is 51.4 Å². The van der Waals surface area contributed by atoms with E-state index < -0.39 is 0 Å². The molecule has 34 heavy (non-hydrogen) atoms. The number of carbonyl (C=O) groups is 1. The number of morpholine rings is 1. The van der Waals surface area contributed by atoms with Crippen LogP contribution in [0.5, 0.6) is 5.75 Å². The average molecular weight is 490 g/mol. The van der Waals surface area contributed by atoms with Crippen LogP contribution in [0.2, 0.25) is 0 Å². The first-order valence-corrected chi connectivity index (χ1v) is 13.4. The molecule has 2 N–H and O–H groups in total. The summed E-state index contributed by atoms with van der Waals surface area (Å²) in [5, 5.41) is 6.86. The lowest BCUT2D eigenvalue weighted by Gasteiger charge is -2.29. The van der Waals surface area contributed by atoms with Crippen molar-refractivity contribution in [3.05, 3.63) is 12.1 Å². The molecule has 3 aliphatic rings. The van der Waals surface area contributed by atoms with E-state index in [0.29, 0.717) is 11.2 Å². The van der Waals surface area contributed by atoms with E-state index in [9.17, 15) is 4.79 Å². The minimum absolute atomic E-state index is 0.0900. The fourth-order valence-corrected chi connectivity index (χ4v) is 6.11. The van der Waals surface area contributed by atoms with Gasteiger partial charge < -0.3 is 24.6 Å². The minimum Gasteiger partial charge on any atom is -0.494 e. The highest BCUT2D eigenvalue weighted by Crippen LogP contribution is 2.39. The number of nitrogens with one attached hydrogen (secondary N) is 2. The first-order chi connectivity index (χ1) is 16.6. The Labute approximate surface area is 207 Å². The summed E-state index contributed by atoms with van der Waals surface area (Å²) in [6, 6.07) is 5.11. The monoisotopic (exact) mass is 489 g/mol. The molecule has 1 saturated heterocycles. The van der Waals surface area contributed by atoms with Crippen molar-refractivity contribution in [3.63, 3.8) is 0 Å². The van der Waals surface area contributed by atoms with E-state index in [1.54, 1.807) is 7.11 Å². The number of ether oxygens (including phenoxy) is 2. The average Bonchev–Trinajstić information content (AvgIpc) is 3.65. The number of hydrogen-bond acceptors (Lipinski definition) is 7. The Hall–Kier alpha value is -2.10. The summed E-state index contributed by atoms with van der Waals surface area (Å²) >= 11 is 1.50. The highest BCUT2D eigenvalue weighted by Gasteiger charge is 2.25. The number of nitrogens with zero attached hydrogens (tertiary/aromatic N) is 3. The number of benzene rings is 1. The first kappa shape index (κ1) is 25.0. The summed E-state index contributed by atoms with van der Waals surface area (Å²) in [5.74, 6) is 0.725. The van der Waals surface area contributed by atoms with Gasteiger partial charge >= 0.3 is 6.03 Å². The Morgan fingerprint density at radius 2 is 1.82 bits per heavy atom. The second-order valence-electron chi connectivity index (χ2n) is 9.33. The number of anilines is 2. The van der Waals surface area contributed by atoms with Gasteiger partial charge in [-0.1, -0.05) is 37.0 Å². The molecule has 188 valence electrons. The number of carbonyl (C=O) groups excluding carboxylic acids is 1. The summed E-state index contributed by atoms with van der Waals surface area (Å²) in [4.78, 5) is 21.4. The van der Waals surface area contributed by atoms with Crippen LogP contribution in [-0.2, 0) is 4.74 Å². The van der Waals surface area contributed by atoms with Gasteiger partial charge in [-0.3, -0.25) is 5.32 Å². The molecule has 5 rings (SSSR count). The molecule has 2 saturated carbocycles. The van der Waals surface area contributed by atoms with Gasteiger partial charge in [0.25, 0.3) is 0 Å². The summed E-state index contributed by atoms with van der Waals surface area (Å²) < 4.78 is 12.0. The Bertz CT molecular complexity index is 934. The van der Waals surface area contributed by atoms with Crippen molar-refractivity contribution in [2.24, 2.45) is 0 Å². The molecule has 2 aliphatic carbocycles. The molecule has 2 amide bonds. The zero-order valence-electron chi connectivity index (χ0n) is 20.8. The van der Waals surface area contributed by atoms with Gasteiger partial charge in [0.2, 0.25) is 0 Å². The third kappa shape index (κ3) is 5.93. The maximum Gasteiger partial charge on any atom is 0.323 e. The van der Waals surface area contributed by atoms with Gasteiger partial charge in [-0.15, -0.1) is 0 Å². The Morgan fingerprint density at radius 1 is 1.15 bits per heavy atom. The molecule has 0 radical (unpaired) electrons.